The lowest BCUT2D eigenvalue weighted by molar-refractivity contribution is 0.413. The van der Waals surface area contributed by atoms with Gasteiger partial charge >= 0.3 is 0 Å². The van der Waals surface area contributed by atoms with Crippen molar-refractivity contribution in [2.45, 2.75) is 11.1 Å². The predicted octanol–water partition coefficient (Wildman–Crippen LogP) is 2.40. The zero-order valence-corrected chi connectivity index (χ0v) is 13.3. The Morgan fingerprint density at radius 1 is 1.24 bits per heavy atom. The molecule has 4 nitrogen and oxygen atoms in total. The Hall–Kier alpha value is -1.81. The van der Waals surface area contributed by atoms with Crippen LogP contribution in [0.2, 0.25) is 0 Å². The average molecular weight is 321 g/mol. The molecular formula is C15H15NO3S2. The smallest absolute Gasteiger partial charge is 0.250 e. The summed E-state index contributed by atoms with van der Waals surface area (Å²) in [7, 11) is -1.90. The highest BCUT2D eigenvalue weighted by Gasteiger charge is 2.14. The number of ether oxygens (including phenoxy) is 1. The lowest BCUT2D eigenvalue weighted by atomic mass is 10.2. The zero-order valence-electron chi connectivity index (χ0n) is 11.7. The van der Waals surface area contributed by atoms with Crippen LogP contribution in [-0.2, 0) is 10.0 Å². The molecule has 110 valence electrons. The van der Waals surface area contributed by atoms with Crippen LogP contribution < -0.4 is 9.46 Å². The number of nitrogens with one attached hydrogen (secondary N) is 1. The van der Waals surface area contributed by atoms with E-state index in [-0.39, 0.29) is 6.54 Å². The van der Waals surface area contributed by atoms with E-state index in [9.17, 15) is 8.42 Å². The van der Waals surface area contributed by atoms with Crippen molar-refractivity contribution >= 4 is 21.4 Å². The van der Waals surface area contributed by atoms with E-state index in [4.69, 9.17) is 4.74 Å². The summed E-state index contributed by atoms with van der Waals surface area (Å²) < 4.78 is 31.9. The fraction of sp³-hybridized carbons (Fsp3) is 0.200. The van der Waals surface area contributed by atoms with Crippen LogP contribution in [-0.4, -0.2) is 22.1 Å². The van der Waals surface area contributed by atoms with E-state index in [0.717, 1.165) is 10.4 Å². The summed E-state index contributed by atoms with van der Waals surface area (Å²) in [6, 6.07) is 10.7. The molecule has 1 N–H and O–H groups in total. The number of thiophene rings is 1. The third-order valence-corrected chi connectivity index (χ3v) is 5.55. The first-order valence-electron chi connectivity index (χ1n) is 6.21. The number of benzene rings is 1. The van der Waals surface area contributed by atoms with Crippen molar-refractivity contribution in [3.63, 3.8) is 0 Å². The van der Waals surface area contributed by atoms with E-state index < -0.39 is 10.0 Å². The molecule has 0 aliphatic heterocycles. The minimum absolute atomic E-state index is 0.0529. The normalized spacial score (nSPS) is 10.8. The largest absolute Gasteiger partial charge is 0.495 e. The molecule has 0 fully saturated rings. The van der Waals surface area contributed by atoms with Gasteiger partial charge < -0.3 is 4.74 Å². The van der Waals surface area contributed by atoms with Crippen molar-refractivity contribution in [1.82, 2.24) is 4.72 Å². The van der Waals surface area contributed by atoms with Crippen molar-refractivity contribution in [3.05, 3.63) is 46.8 Å². The number of methoxy groups -OCH3 is 1. The molecule has 0 saturated heterocycles. The monoisotopic (exact) mass is 321 g/mol. The summed E-state index contributed by atoms with van der Waals surface area (Å²) in [6.07, 6.45) is 0. The van der Waals surface area contributed by atoms with Crippen LogP contribution in [0.25, 0.3) is 0 Å². The van der Waals surface area contributed by atoms with Gasteiger partial charge in [-0.15, -0.1) is 11.3 Å². The Labute approximate surface area is 128 Å². The number of sulfonamides is 1. The summed E-state index contributed by atoms with van der Waals surface area (Å²) in [6.45, 7) is 1.92. The van der Waals surface area contributed by atoms with Gasteiger partial charge in [-0.3, -0.25) is 0 Å². The van der Waals surface area contributed by atoms with Crippen LogP contribution in [0.4, 0.5) is 0 Å². The molecule has 2 rings (SSSR count). The number of hydrogen-bond donors (Lipinski definition) is 1. The maximum Gasteiger partial charge on any atom is 0.250 e. The van der Waals surface area contributed by atoms with Gasteiger partial charge in [0.15, 0.2) is 0 Å². The SMILES string of the molecule is COc1ccccc1C#CCNS(=O)(=O)c1ccc(C)s1. The second kappa shape index (κ2) is 6.76. The van der Waals surface area contributed by atoms with Crippen LogP contribution in [0.15, 0.2) is 40.6 Å². The lowest BCUT2D eigenvalue weighted by Crippen LogP contribution is -2.23. The Morgan fingerprint density at radius 3 is 2.67 bits per heavy atom. The molecule has 0 bridgehead atoms. The fourth-order valence-corrected chi connectivity index (χ4v) is 3.90. The van der Waals surface area contributed by atoms with Gasteiger partial charge in [0.1, 0.15) is 9.96 Å². The van der Waals surface area contributed by atoms with E-state index in [1.807, 2.05) is 31.2 Å². The molecule has 6 heteroatoms. The molecule has 0 amide bonds. The number of para-hydroxylation sites is 1. The average Bonchev–Trinajstić information content (AvgIpc) is 2.91. The van der Waals surface area contributed by atoms with Crippen molar-refractivity contribution < 1.29 is 13.2 Å². The first-order valence-corrected chi connectivity index (χ1v) is 8.51. The van der Waals surface area contributed by atoms with Crippen molar-refractivity contribution in [2.24, 2.45) is 0 Å². The molecule has 0 saturated carbocycles. The van der Waals surface area contributed by atoms with Gasteiger partial charge in [0.05, 0.1) is 19.2 Å². The third kappa shape index (κ3) is 4.08. The minimum atomic E-state index is -3.47. The maximum atomic E-state index is 12.0. The molecule has 1 heterocycles. The first kappa shape index (κ1) is 15.6. The topological polar surface area (TPSA) is 55.4 Å². The quantitative estimate of drug-likeness (QED) is 0.880. The molecule has 0 radical (unpaired) electrons. The van der Waals surface area contributed by atoms with Crippen LogP contribution in [0.5, 0.6) is 5.75 Å². The van der Waals surface area contributed by atoms with Crippen LogP contribution in [0.3, 0.4) is 0 Å². The van der Waals surface area contributed by atoms with Gasteiger partial charge in [-0.1, -0.05) is 24.0 Å². The van der Waals surface area contributed by atoms with Gasteiger partial charge in [-0.05, 0) is 31.2 Å². The zero-order chi connectivity index (χ0) is 15.3. The first-order chi connectivity index (χ1) is 10.0. The van der Waals surface area contributed by atoms with E-state index in [1.165, 1.54) is 11.3 Å². The summed E-state index contributed by atoms with van der Waals surface area (Å²) in [5.74, 6) is 6.36. The highest BCUT2D eigenvalue weighted by Crippen LogP contribution is 2.20. The van der Waals surface area contributed by atoms with Gasteiger partial charge in [-0.25, -0.2) is 8.42 Å². The maximum absolute atomic E-state index is 12.0. The number of rotatable bonds is 4. The second-order valence-electron chi connectivity index (χ2n) is 4.19. The van der Waals surface area contributed by atoms with Gasteiger partial charge in [0.2, 0.25) is 0 Å². The molecular weight excluding hydrogens is 306 g/mol. The summed E-state index contributed by atoms with van der Waals surface area (Å²) in [5.41, 5.74) is 0.728. The Kier molecular flexibility index (Phi) is 5.02. The molecule has 2 aromatic rings. The van der Waals surface area contributed by atoms with Gasteiger partial charge in [0.25, 0.3) is 10.0 Å². The Morgan fingerprint density at radius 2 is 2.00 bits per heavy atom. The van der Waals surface area contributed by atoms with Gasteiger partial charge in [-0.2, -0.15) is 4.72 Å². The van der Waals surface area contributed by atoms with E-state index in [2.05, 4.69) is 16.6 Å². The molecule has 0 aliphatic rings. The molecule has 0 atom stereocenters. The summed E-state index contributed by atoms with van der Waals surface area (Å²) in [4.78, 5) is 0.954. The minimum Gasteiger partial charge on any atom is -0.495 e. The molecule has 0 aliphatic carbocycles. The van der Waals surface area contributed by atoms with E-state index in [0.29, 0.717) is 9.96 Å². The standard InChI is InChI=1S/C15H15NO3S2/c1-12-9-10-15(20-12)21(17,18)16-11-5-7-13-6-3-4-8-14(13)19-2/h3-4,6,8-10,16H,11H2,1-2H3. The van der Waals surface area contributed by atoms with Crippen molar-refractivity contribution in [1.29, 1.82) is 0 Å². The van der Waals surface area contributed by atoms with Crippen LogP contribution >= 0.6 is 11.3 Å². The fourth-order valence-electron chi connectivity index (χ4n) is 1.65. The summed E-state index contributed by atoms with van der Waals surface area (Å²) >= 11 is 1.24. The molecule has 0 unspecified atom stereocenters. The van der Waals surface area contributed by atoms with E-state index in [1.54, 1.807) is 19.2 Å². The Bertz CT molecular complexity index is 782. The molecule has 1 aromatic carbocycles. The third-order valence-electron chi connectivity index (χ3n) is 2.66. The van der Waals surface area contributed by atoms with Crippen molar-refractivity contribution in [3.8, 4) is 17.6 Å². The molecule has 0 spiro atoms. The van der Waals surface area contributed by atoms with Crippen LogP contribution in [0.1, 0.15) is 10.4 Å². The van der Waals surface area contributed by atoms with E-state index >= 15 is 0 Å². The highest BCUT2D eigenvalue weighted by atomic mass is 32.2. The number of aryl methyl sites for hydroxylation is 1. The van der Waals surface area contributed by atoms with Gasteiger partial charge in [0, 0.05) is 4.88 Å². The Balaban J connectivity index is 2.04. The predicted molar refractivity (Wildman–Crippen MR) is 84.1 cm³/mol. The lowest BCUT2D eigenvalue weighted by Gasteiger charge is -2.01. The molecule has 1 aromatic heterocycles. The van der Waals surface area contributed by atoms with Crippen LogP contribution in [0, 0.1) is 18.8 Å². The summed E-state index contributed by atoms with van der Waals surface area (Å²) in [5, 5.41) is 0. The van der Waals surface area contributed by atoms with Crippen molar-refractivity contribution in [2.75, 3.05) is 13.7 Å². The number of hydrogen-bond acceptors (Lipinski definition) is 4. The molecule has 21 heavy (non-hydrogen) atoms. The highest BCUT2D eigenvalue weighted by molar-refractivity contribution is 7.91. The second-order valence-corrected chi connectivity index (χ2v) is 7.47.